The highest BCUT2D eigenvalue weighted by Crippen LogP contribution is 2.62. The zero-order valence-electron chi connectivity index (χ0n) is 23.2. The molecule has 3 aliphatic carbocycles. The van der Waals surface area contributed by atoms with Gasteiger partial charge in [-0.15, -0.1) is 0 Å². The summed E-state index contributed by atoms with van der Waals surface area (Å²) in [4.78, 5) is 27.4. The Kier molecular flexibility index (Phi) is 7.25. The molecule has 0 bridgehead atoms. The third-order valence-electron chi connectivity index (χ3n) is 10.1. The van der Waals surface area contributed by atoms with Crippen LogP contribution in [0.5, 0.6) is 5.75 Å². The van der Waals surface area contributed by atoms with E-state index in [0.29, 0.717) is 48.6 Å². The number of fused-ring (bicyclic) bond motifs is 6. The summed E-state index contributed by atoms with van der Waals surface area (Å²) in [6.07, 6.45) is 7.58. The van der Waals surface area contributed by atoms with E-state index in [-0.39, 0.29) is 30.1 Å². The van der Waals surface area contributed by atoms with Crippen molar-refractivity contribution in [3.05, 3.63) is 64.2 Å². The molecule has 0 radical (unpaired) electrons. The Labute approximate surface area is 230 Å². The Morgan fingerprint density at radius 1 is 0.923 bits per heavy atom. The highest BCUT2D eigenvalue weighted by Gasteiger charge is 2.55. The van der Waals surface area contributed by atoms with Gasteiger partial charge in [0, 0.05) is 20.8 Å². The second-order valence-corrected chi connectivity index (χ2v) is 11.8. The fourth-order valence-corrected chi connectivity index (χ4v) is 8.29. The third-order valence-corrected chi connectivity index (χ3v) is 10.1. The topological polar surface area (TPSA) is 74.3 Å². The average molecular weight is 534 g/mol. The molecule has 2 aromatic carbocycles. The second kappa shape index (κ2) is 10.7. The lowest BCUT2D eigenvalue weighted by molar-refractivity contribution is -0.125. The molecule has 2 fully saturated rings. The standard InChI is InChI=1S/C32H39NO6/c1-32-16-14-22-20-10-12-28(38-18-36-2)24(15-17-33-30(34)25-6-4-5-7-26(25)31(33)35)21(20)8-9-23(22)27(32)11-13-29(32)39-19-37-3/h4-7,10,12,22-23,27,29H,8-9,11,13-19H2,1-3H3/t22-,23-,27+,29+,32+/m1/s1. The minimum atomic E-state index is -0.210. The molecule has 1 aliphatic heterocycles. The molecule has 0 spiro atoms. The van der Waals surface area contributed by atoms with Crippen LogP contribution in [-0.4, -0.2) is 57.2 Å². The molecule has 2 saturated carbocycles. The summed E-state index contributed by atoms with van der Waals surface area (Å²) in [5.74, 6) is 2.18. The maximum Gasteiger partial charge on any atom is 0.261 e. The van der Waals surface area contributed by atoms with Crippen LogP contribution in [0.2, 0.25) is 0 Å². The smallest absolute Gasteiger partial charge is 0.261 e. The fraction of sp³-hybridized carbons (Fsp3) is 0.562. The van der Waals surface area contributed by atoms with Crippen LogP contribution in [0.3, 0.4) is 0 Å². The van der Waals surface area contributed by atoms with Crippen molar-refractivity contribution in [1.29, 1.82) is 0 Å². The van der Waals surface area contributed by atoms with Crippen LogP contribution in [0.1, 0.15) is 82.4 Å². The van der Waals surface area contributed by atoms with E-state index < -0.39 is 0 Å². The van der Waals surface area contributed by atoms with Gasteiger partial charge in [0.2, 0.25) is 0 Å². The highest BCUT2D eigenvalue weighted by molar-refractivity contribution is 6.21. The van der Waals surface area contributed by atoms with E-state index in [1.54, 1.807) is 38.5 Å². The molecule has 0 unspecified atom stereocenters. The maximum atomic E-state index is 13.0. The second-order valence-electron chi connectivity index (χ2n) is 11.8. The number of hydrogen-bond acceptors (Lipinski definition) is 6. The summed E-state index contributed by atoms with van der Waals surface area (Å²) >= 11 is 0. The number of carbonyl (C=O) groups is 2. The van der Waals surface area contributed by atoms with Crippen LogP contribution in [0.4, 0.5) is 0 Å². The molecule has 2 aromatic rings. The first-order valence-electron chi connectivity index (χ1n) is 14.3. The first-order chi connectivity index (χ1) is 19.0. The van der Waals surface area contributed by atoms with Gasteiger partial charge in [0.05, 0.1) is 17.2 Å². The molecule has 7 heteroatoms. The molecule has 39 heavy (non-hydrogen) atoms. The molecule has 6 rings (SSSR count). The van der Waals surface area contributed by atoms with Crippen molar-refractivity contribution >= 4 is 11.8 Å². The Morgan fingerprint density at radius 2 is 1.67 bits per heavy atom. The fourth-order valence-electron chi connectivity index (χ4n) is 8.29. The van der Waals surface area contributed by atoms with Crippen LogP contribution in [0.25, 0.3) is 0 Å². The number of amides is 2. The summed E-state index contributed by atoms with van der Waals surface area (Å²) in [5, 5.41) is 0. The van der Waals surface area contributed by atoms with E-state index >= 15 is 0 Å². The van der Waals surface area contributed by atoms with Gasteiger partial charge in [-0.25, -0.2) is 0 Å². The molecule has 0 saturated heterocycles. The largest absolute Gasteiger partial charge is 0.467 e. The van der Waals surface area contributed by atoms with Gasteiger partial charge in [-0.1, -0.05) is 25.1 Å². The number of ether oxygens (including phenoxy) is 4. The number of rotatable bonds is 9. The van der Waals surface area contributed by atoms with E-state index in [9.17, 15) is 9.59 Å². The van der Waals surface area contributed by atoms with Crippen molar-refractivity contribution in [3.63, 3.8) is 0 Å². The monoisotopic (exact) mass is 533 g/mol. The van der Waals surface area contributed by atoms with Crippen molar-refractivity contribution in [2.24, 2.45) is 17.3 Å². The minimum absolute atomic E-state index is 0.161. The number of hydrogen-bond donors (Lipinski definition) is 0. The van der Waals surface area contributed by atoms with Crippen LogP contribution >= 0.6 is 0 Å². The molecule has 1 heterocycles. The quantitative estimate of drug-likeness (QED) is 0.319. The van der Waals surface area contributed by atoms with E-state index in [4.69, 9.17) is 18.9 Å². The molecule has 7 nitrogen and oxygen atoms in total. The van der Waals surface area contributed by atoms with Gasteiger partial charge in [-0.05, 0) is 103 Å². The van der Waals surface area contributed by atoms with Crippen molar-refractivity contribution < 1.29 is 28.5 Å². The van der Waals surface area contributed by atoms with Crippen LogP contribution in [0.15, 0.2) is 36.4 Å². The van der Waals surface area contributed by atoms with Crippen molar-refractivity contribution in [2.75, 3.05) is 34.4 Å². The van der Waals surface area contributed by atoms with Crippen molar-refractivity contribution in [3.8, 4) is 5.75 Å². The predicted octanol–water partition coefficient (Wildman–Crippen LogP) is 5.35. The molecule has 208 valence electrons. The minimum Gasteiger partial charge on any atom is -0.467 e. The number of nitrogens with zero attached hydrogens (tertiary/aromatic N) is 1. The molecular weight excluding hydrogens is 494 g/mol. The lowest BCUT2D eigenvalue weighted by atomic mass is 9.55. The van der Waals surface area contributed by atoms with Gasteiger partial charge in [0.1, 0.15) is 12.5 Å². The van der Waals surface area contributed by atoms with E-state index in [2.05, 4.69) is 19.1 Å². The van der Waals surface area contributed by atoms with Crippen LogP contribution < -0.4 is 4.74 Å². The van der Waals surface area contributed by atoms with E-state index in [1.165, 1.54) is 22.4 Å². The molecular formula is C32H39NO6. The molecule has 5 atom stereocenters. The molecule has 2 amide bonds. The average Bonchev–Trinajstić information content (AvgIpc) is 3.42. The normalized spacial score (nSPS) is 29.2. The van der Waals surface area contributed by atoms with E-state index in [1.807, 2.05) is 0 Å². The van der Waals surface area contributed by atoms with Gasteiger partial charge >= 0.3 is 0 Å². The first kappa shape index (κ1) is 26.5. The van der Waals surface area contributed by atoms with Crippen molar-refractivity contribution in [1.82, 2.24) is 4.90 Å². The van der Waals surface area contributed by atoms with Gasteiger partial charge in [0.15, 0.2) is 6.79 Å². The molecule has 0 aromatic heterocycles. The van der Waals surface area contributed by atoms with Gasteiger partial charge < -0.3 is 18.9 Å². The number of methoxy groups -OCH3 is 2. The lowest BCUT2D eigenvalue weighted by Gasteiger charge is -2.51. The SMILES string of the molecule is COCOc1ccc2c(c1CCN1C(=O)c3ccccc3C1=O)CC[C@@H]1[C@@H]2CC[C@]2(C)[C@@H](OCOC)CC[C@@H]12. The van der Waals surface area contributed by atoms with E-state index in [0.717, 1.165) is 43.4 Å². The number of benzene rings is 2. The molecule has 0 N–H and O–H groups in total. The van der Waals surface area contributed by atoms with Crippen LogP contribution in [0, 0.1) is 17.3 Å². The van der Waals surface area contributed by atoms with Gasteiger partial charge in [0.25, 0.3) is 11.8 Å². The lowest BCUT2D eigenvalue weighted by Crippen LogP contribution is -2.45. The Bertz CT molecular complexity index is 1220. The first-order valence-corrected chi connectivity index (χ1v) is 14.3. The van der Waals surface area contributed by atoms with Gasteiger partial charge in [-0.2, -0.15) is 0 Å². The zero-order valence-corrected chi connectivity index (χ0v) is 23.2. The highest BCUT2D eigenvalue weighted by atomic mass is 16.7. The predicted molar refractivity (Wildman–Crippen MR) is 146 cm³/mol. The summed E-state index contributed by atoms with van der Waals surface area (Å²) in [6, 6.07) is 11.4. The Balaban J connectivity index is 1.26. The zero-order chi connectivity index (χ0) is 27.1. The Morgan fingerprint density at radius 3 is 2.38 bits per heavy atom. The Hall–Kier alpha value is -2.74. The summed E-state index contributed by atoms with van der Waals surface area (Å²) in [7, 11) is 3.31. The van der Waals surface area contributed by atoms with Crippen molar-refractivity contribution in [2.45, 2.75) is 63.9 Å². The van der Waals surface area contributed by atoms with Gasteiger partial charge in [-0.3, -0.25) is 14.5 Å². The third kappa shape index (κ3) is 4.39. The summed E-state index contributed by atoms with van der Waals surface area (Å²) < 4.78 is 22.6. The molecule has 4 aliphatic rings. The maximum absolute atomic E-state index is 13.0. The van der Waals surface area contributed by atoms with Crippen LogP contribution in [-0.2, 0) is 27.1 Å². The number of carbonyl (C=O) groups excluding carboxylic acids is 2. The number of imide groups is 1. The summed E-state index contributed by atoms with van der Waals surface area (Å²) in [5.41, 5.74) is 5.07. The summed E-state index contributed by atoms with van der Waals surface area (Å²) in [6.45, 7) is 3.30.